The van der Waals surface area contributed by atoms with E-state index in [1.807, 2.05) is 36.4 Å². The molecular formula is C18H18ClNO2. The number of methoxy groups -OCH3 is 1. The Morgan fingerprint density at radius 3 is 2.59 bits per heavy atom. The van der Waals surface area contributed by atoms with Gasteiger partial charge in [0.2, 0.25) is 0 Å². The summed E-state index contributed by atoms with van der Waals surface area (Å²) in [5.41, 5.74) is 0.980. The molecule has 114 valence electrons. The fourth-order valence-electron chi connectivity index (χ4n) is 2.17. The second-order valence-corrected chi connectivity index (χ2v) is 5.34. The second-order valence-electron chi connectivity index (χ2n) is 4.90. The Bertz CT molecular complexity index is 634. The van der Waals surface area contributed by atoms with Gasteiger partial charge in [-0.25, -0.2) is 0 Å². The minimum atomic E-state index is -0.149. The molecule has 0 amide bonds. The summed E-state index contributed by atoms with van der Waals surface area (Å²) in [5, 5.41) is 10.0. The zero-order valence-corrected chi connectivity index (χ0v) is 13.2. The molecule has 2 rings (SSSR count). The number of ether oxygens (including phenoxy) is 2. The molecule has 0 radical (unpaired) electrons. The van der Waals surface area contributed by atoms with Crippen molar-refractivity contribution in [1.82, 2.24) is 0 Å². The van der Waals surface area contributed by atoms with E-state index in [9.17, 15) is 5.26 Å². The van der Waals surface area contributed by atoms with Gasteiger partial charge < -0.3 is 9.47 Å². The van der Waals surface area contributed by atoms with E-state index in [1.165, 1.54) is 0 Å². The van der Waals surface area contributed by atoms with Crippen LogP contribution >= 0.6 is 11.6 Å². The van der Waals surface area contributed by atoms with E-state index in [2.05, 4.69) is 6.07 Å². The fourth-order valence-corrected chi connectivity index (χ4v) is 2.30. The lowest BCUT2D eigenvalue weighted by Crippen LogP contribution is -2.02. The quantitative estimate of drug-likeness (QED) is 0.688. The van der Waals surface area contributed by atoms with Crippen LogP contribution in [0.1, 0.15) is 24.3 Å². The number of rotatable bonds is 7. The molecule has 2 aromatic rings. The minimum absolute atomic E-state index is 0.149. The summed E-state index contributed by atoms with van der Waals surface area (Å²) < 4.78 is 10.8. The van der Waals surface area contributed by atoms with Gasteiger partial charge >= 0.3 is 0 Å². The van der Waals surface area contributed by atoms with Crippen molar-refractivity contribution in [2.24, 2.45) is 0 Å². The van der Waals surface area contributed by atoms with Gasteiger partial charge in [-0.2, -0.15) is 5.26 Å². The van der Waals surface area contributed by atoms with Gasteiger partial charge in [0.15, 0.2) is 0 Å². The van der Waals surface area contributed by atoms with E-state index < -0.39 is 0 Å². The maximum absolute atomic E-state index is 9.34. The molecule has 0 aliphatic heterocycles. The molecule has 0 aliphatic carbocycles. The summed E-state index contributed by atoms with van der Waals surface area (Å²) in [6.45, 7) is 0.573. The molecule has 0 saturated heterocycles. The third-order valence-electron chi connectivity index (χ3n) is 3.37. The molecule has 0 heterocycles. The molecule has 1 atom stereocenters. The number of halogens is 1. The predicted molar refractivity (Wildman–Crippen MR) is 87.5 cm³/mol. The van der Waals surface area contributed by atoms with Gasteiger partial charge in [0.25, 0.3) is 0 Å². The first-order valence-electron chi connectivity index (χ1n) is 7.15. The van der Waals surface area contributed by atoms with Crippen LogP contribution in [0.3, 0.4) is 0 Å². The lowest BCUT2D eigenvalue weighted by molar-refractivity contribution is 0.305. The van der Waals surface area contributed by atoms with Gasteiger partial charge in [-0.1, -0.05) is 23.7 Å². The highest BCUT2D eigenvalue weighted by Gasteiger charge is 2.11. The lowest BCUT2D eigenvalue weighted by atomic mass is 9.96. The van der Waals surface area contributed by atoms with Crippen LogP contribution < -0.4 is 9.47 Å². The molecule has 0 aromatic heterocycles. The van der Waals surface area contributed by atoms with E-state index in [4.69, 9.17) is 21.1 Å². The molecule has 3 nitrogen and oxygen atoms in total. The Kier molecular flexibility index (Phi) is 6.12. The minimum Gasteiger partial charge on any atom is -0.497 e. The molecule has 0 aliphatic rings. The Labute approximate surface area is 136 Å². The van der Waals surface area contributed by atoms with Crippen LogP contribution in [0.5, 0.6) is 11.5 Å². The Morgan fingerprint density at radius 1 is 1.14 bits per heavy atom. The van der Waals surface area contributed by atoms with Crippen LogP contribution in [0, 0.1) is 11.3 Å². The highest BCUT2D eigenvalue weighted by atomic mass is 35.5. The van der Waals surface area contributed by atoms with Crippen LogP contribution in [0.15, 0.2) is 48.5 Å². The van der Waals surface area contributed by atoms with Crippen molar-refractivity contribution >= 4 is 11.6 Å². The summed E-state index contributed by atoms with van der Waals surface area (Å²) in [4.78, 5) is 0. The molecular weight excluding hydrogens is 298 g/mol. The number of nitriles is 1. The van der Waals surface area contributed by atoms with E-state index in [-0.39, 0.29) is 5.92 Å². The van der Waals surface area contributed by atoms with Crippen LogP contribution in [0.4, 0.5) is 0 Å². The SMILES string of the molecule is COc1cccc(C(C#N)CCCOc2ccc(Cl)cc2)c1. The third-order valence-corrected chi connectivity index (χ3v) is 3.62. The fraction of sp³-hybridized carbons (Fsp3) is 0.278. The van der Waals surface area contributed by atoms with Gasteiger partial charge in [0, 0.05) is 5.02 Å². The smallest absolute Gasteiger partial charge is 0.119 e. The summed E-state index contributed by atoms with van der Waals surface area (Å²) in [6.07, 6.45) is 1.55. The Morgan fingerprint density at radius 2 is 1.91 bits per heavy atom. The van der Waals surface area contributed by atoms with Crippen molar-refractivity contribution in [3.05, 3.63) is 59.1 Å². The second kappa shape index (κ2) is 8.31. The van der Waals surface area contributed by atoms with Gasteiger partial charge in [0.05, 0.1) is 25.7 Å². The highest BCUT2D eigenvalue weighted by Crippen LogP contribution is 2.24. The Hall–Kier alpha value is -2.18. The average molecular weight is 316 g/mol. The molecule has 0 bridgehead atoms. The maximum Gasteiger partial charge on any atom is 0.119 e. The van der Waals surface area contributed by atoms with Crippen molar-refractivity contribution in [2.75, 3.05) is 13.7 Å². The first-order chi connectivity index (χ1) is 10.7. The largest absolute Gasteiger partial charge is 0.497 e. The molecule has 0 saturated carbocycles. The zero-order chi connectivity index (χ0) is 15.8. The van der Waals surface area contributed by atoms with Crippen molar-refractivity contribution in [3.63, 3.8) is 0 Å². The van der Waals surface area contributed by atoms with Crippen LogP contribution in [0.2, 0.25) is 5.02 Å². The number of hydrogen-bond acceptors (Lipinski definition) is 3. The topological polar surface area (TPSA) is 42.2 Å². The average Bonchev–Trinajstić information content (AvgIpc) is 2.56. The molecule has 22 heavy (non-hydrogen) atoms. The van der Waals surface area contributed by atoms with Gasteiger partial charge in [-0.15, -0.1) is 0 Å². The third kappa shape index (κ3) is 4.68. The highest BCUT2D eigenvalue weighted by molar-refractivity contribution is 6.30. The van der Waals surface area contributed by atoms with Crippen LogP contribution in [-0.2, 0) is 0 Å². The lowest BCUT2D eigenvalue weighted by Gasteiger charge is -2.11. The summed E-state index contributed by atoms with van der Waals surface area (Å²) >= 11 is 5.82. The van der Waals surface area contributed by atoms with Crippen molar-refractivity contribution < 1.29 is 9.47 Å². The summed E-state index contributed by atoms with van der Waals surface area (Å²) in [5.74, 6) is 1.42. The van der Waals surface area contributed by atoms with Crippen molar-refractivity contribution in [2.45, 2.75) is 18.8 Å². The van der Waals surface area contributed by atoms with E-state index >= 15 is 0 Å². The first-order valence-corrected chi connectivity index (χ1v) is 7.52. The predicted octanol–water partition coefficient (Wildman–Crippen LogP) is 4.81. The number of benzene rings is 2. The molecule has 0 spiro atoms. The van der Waals surface area contributed by atoms with E-state index in [0.717, 1.165) is 29.9 Å². The van der Waals surface area contributed by atoms with Gasteiger partial charge in [-0.05, 0) is 54.8 Å². The molecule has 2 aromatic carbocycles. The van der Waals surface area contributed by atoms with E-state index in [0.29, 0.717) is 11.6 Å². The monoisotopic (exact) mass is 315 g/mol. The normalized spacial score (nSPS) is 11.5. The molecule has 4 heteroatoms. The molecule has 0 fully saturated rings. The van der Waals surface area contributed by atoms with Gasteiger partial charge in [-0.3, -0.25) is 0 Å². The molecule has 0 N–H and O–H groups in total. The molecule has 1 unspecified atom stereocenters. The van der Waals surface area contributed by atoms with Crippen LogP contribution in [0.25, 0.3) is 0 Å². The first kappa shape index (κ1) is 16.2. The summed E-state index contributed by atoms with van der Waals surface area (Å²) in [6, 6.07) is 17.3. The van der Waals surface area contributed by atoms with E-state index in [1.54, 1.807) is 19.2 Å². The Balaban J connectivity index is 1.83. The zero-order valence-electron chi connectivity index (χ0n) is 12.5. The standard InChI is InChI=1S/C18H18ClNO2/c1-21-18-6-2-4-14(12-18)15(13-20)5-3-11-22-17-9-7-16(19)8-10-17/h2,4,6-10,12,15H,3,5,11H2,1H3. The van der Waals surface area contributed by atoms with Crippen molar-refractivity contribution in [3.8, 4) is 17.6 Å². The summed E-state index contributed by atoms with van der Waals surface area (Å²) in [7, 11) is 1.63. The van der Waals surface area contributed by atoms with Crippen molar-refractivity contribution in [1.29, 1.82) is 5.26 Å². The maximum atomic E-state index is 9.34. The number of hydrogen-bond donors (Lipinski definition) is 0. The number of nitrogens with zero attached hydrogens (tertiary/aromatic N) is 1. The van der Waals surface area contributed by atoms with Gasteiger partial charge in [0.1, 0.15) is 11.5 Å². The van der Waals surface area contributed by atoms with Crippen LogP contribution in [-0.4, -0.2) is 13.7 Å².